The van der Waals surface area contributed by atoms with Gasteiger partial charge >= 0.3 is 0 Å². The van der Waals surface area contributed by atoms with Crippen molar-refractivity contribution in [1.82, 2.24) is 4.90 Å². The van der Waals surface area contributed by atoms with Gasteiger partial charge in [-0.25, -0.2) is 0 Å². The molecule has 1 aliphatic rings. The Morgan fingerprint density at radius 3 is 2.04 bits per heavy atom. The summed E-state index contributed by atoms with van der Waals surface area (Å²) in [5.41, 5.74) is 2.62. The second kappa shape index (κ2) is 10.2. The van der Waals surface area contributed by atoms with E-state index >= 15 is 0 Å². The lowest BCUT2D eigenvalue weighted by Gasteiger charge is -2.16. The molecule has 1 fully saturated rings. The van der Waals surface area contributed by atoms with E-state index in [1.165, 1.54) is 37.1 Å². The molecule has 0 radical (unpaired) electrons. The molecule has 0 atom stereocenters. The average Bonchev–Trinajstić information content (AvgIpc) is 3.20. The molecule has 3 rings (SSSR count). The number of nitrogens with zero attached hydrogens (tertiary/aromatic N) is 1. The van der Waals surface area contributed by atoms with Crippen molar-refractivity contribution in [2.45, 2.75) is 38.5 Å². The van der Waals surface area contributed by atoms with Crippen molar-refractivity contribution in [3.8, 4) is 11.5 Å². The molecule has 0 saturated carbocycles. The third-order valence-corrected chi connectivity index (χ3v) is 5.17. The maximum atomic E-state index is 6.09. The molecule has 2 aromatic rings. The molecule has 3 heteroatoms. The first-order valence-corrected chi connectivity index (χ1v) is 9.92. The summed E-state index contributed by atoms with van der Waals surface area (Å²) < 4.78 is 11.5. The Bertz CT molecular complexity index is 665. The highest BCUT2D eigenvalue weighted by Gasteiger charge is 2.11. The molecule has 26 heavy (non-hydrogen) atoms. The lowest BCUT2D eigenvalue weighted by Crippen LogP contribution is -2.25. The average molecular weight is 354 g/mol. The highest BCUT2D eigenvalue weighted by molar-refractivity contribution is 5.34. The first kappa shape index (κ1) is 18.8. The number of hydrogen-bond donors (Lipinski definition) is 0. The van der Waals surface area contributed by atoms with Gasteiger partial charge in [0, 0.05) is 6.54 Å². The molecule has 140 valence electrons. The third kappa shape index (κ3) is 5.50. The molecule has 0 aromatic heterocycles. The molecule has 0 unspecified atom stereocenters. The topological polar surface area (TPSA) is 21.7 Å². The predicted octanol–water partition coefficient (Wildman–Crippen LogP) is 4.74. The molecule has 0 N–H and O–H groups in total. The standard InChI is InChI=1S/C23H31NO2/c1-25-22-14-6-4-11-20(22)10-2-3-12-21-13-5-7-15-23(21)26-19-18-24-16-8-9-17-24/h4-7,11,13-15H,2-3,8-10,12,16-19H2,1H3. The highest BCUT2D eigenvalue weighted by Crippen LogP contribution is 2.23. The molecule has 0 bridgehead atoms. The number of hydrogen-bond acceptors (Lipinski definition) is 3. The van der Waals surface area contributed by atoms with E-state index in [2.05, 4.69) is 41.3 Å². The van der Waals surface area contributed by atoms with Crippen LogP contribution in [0.2, 0.25) is 0 Å². The van der Waals surface area contributed by atoms with Gasteiger partial charge in [-0.15, -0.1) is 0 Å². The fraction of sp³-hybridized carbons (Fsp3) is 0.478. The van der Waals surface area contributed by atoms with Crippen molar-refractivity contribution in [2.75, 3.05) is 33.4 Å². The molecule has 0 spiro atoms. The molecule has 2 aromatic carbocycles. The van der Waals surface area contributed by atoms with Crippen LogP contribution in [0.25, 0.3) is 0 Å². The fourth-order valence-corrected chi connectivity index (χ4v) is 3.68. The van der Waals surface area contributed by atoms with Gasteiger partial charge in [-0.1, -0.05) is 36.4 Å². The van der Waals surface area contributed by atoms with Gasteiger partial charge in [-0.2, -0.15) is 0 Å². The van der Waals surface area contributed by atoms with Crippen LogP contribution in [0.3, 0.4) is 0 Å². The zero-order chi connectivity index (χ0) is 18.0. The van der Waals surface area contributed by atoms with Crippen LogP contribution in [-0.4, -0.2) is 38.3 Å². The van der Waals surface area contributed by atoms with Crippen molar-refractivity contribution in [2.24, 2.45) is 0 Å². The number of ether oxygens (including phenoxy) is 2. The van der Waals surface area contributed by atoms with Crippen LogP contribution in [0.5, 0.6) is 11.5 Å². The Kier molecular flexibility index (Phi) is 7.38. The van der Waals surface area contributed by atoms with Gasteiger partial charge in [-0.05, 0) is 74.9 Å². The zero-order valence-electron chi connectivity index (χ0n) is 16.0. The van der Waals surface area contributed by atoms with Gasteiger partial charge in [0.15, 0.2) is 0 Å². The monoisotopic (exact) mass is 353 g/mol. The number of para-hydroxylation sites is 2. The lowest BCUT2D eigenvalue weighted by atomic mass is 10.0. The number of methoxy groups -OCH3 is 1. The van der Waals surface area contributed by atoms with Crippen molar-refractivity contribution in [3.63, 3.8) is 0 Å². The Morgan fingerprint density at radius 1 is 0.808 bits per heavy atom. The van der Waals surface area contributed by atoms with E-state index < -0.39 is 0 Å². The van der Waals surface area contributed by atoms with Crippen LogP contribution in [0.1, 0.15) is 36.8 Å². The van der Waals surface area contributed by atoms with Crippen LogP contribution >= 0.6 is 0 Å². The van der Waals surface area contributed by atoms with Crippen LogP contribution in [0.4, 0.5) is 0 Å². The Hall–Kier alpha value is -2.00. The first-order chi connectivity index (χ1) is 12.9. The van der Waals surface area contributed by atoms with Gasteiger partial charge in [0.1, 0.15) is 18.1 Å². The highest BCUT2D eigenvalue weighted by atomic mass is 16.5. The minimum atomic E-state index is 0.790. The van der Waals surface area contributed by atoms with E-state index in [1.54, 1.807) is 7.11 Å². The van der Waals surface area contributed by atoms with Gasteiger partial charge in [0.2, 0.25) is 0 Å². The number of unbranched alkanes of at least 4 members (excludes halogenated alkanes) is 1. The molecule has 0 amide bonds. The number of benzene rings is 2. The number of rotatable bonds is 10. The molecule has 1 aliphatic heterocycles. The van der Waals surface area contributed by atoms with Crippen LogP contribution < -0.4 is 9.47 Å². The lowest BCUT2D eigenvalue weighted by molar-refractivity contribution is 0.236. The van der Waals surface area contributed by atoms with E-state index in [9.17, 15) is 0 Å². The second-order valence-electron chi connectivity index (χ2n) is 7.02. The van der Waals surface area contributed by atoms with Crippen LogP contribution in [-0.2, 0) is 12.8 Å². The minimum Gasteiger partial charge on any atom is -0.496 e. The van der Waals surface area contributed by atoms with Crippen molar-refractivity contribution < 1.29 is 9.47 Å². The normalized spacial score (nSPS) is 14.5. The van der Waals surface area contributed by atoms with Crippen molar-refractivity contribution in [1.29, 1.82) is 0 Å². The van der Waals surface area contributed by atoms with E-state index in [4.69, 9.17) is 9.47 Å². The summed E-state index contributed by atoms with van der Waals surface area (Å²) in [5, 5.41) is 0. The fourth-order valence-electron chi connectivity index (χ4n) is 3.68. The van der Waals surface area contributed by atoms with E-state index in [0.29, 0.717) is 0 Å². The summed E-state index contributed by atoms with van der Waals surface area (Å²) in [6.07, 6.45) is 7.11. The van der Waals surface area contributed by atoms with Gasteiger partial charge < -0.3 is 9.47 Å². The summed E-state index contributed by atoms with van der Waals surface area (Å²) >= 11 is 0. The Morgan fingerprint density at radius 2 is 1.38 bits per heavy atom. The molecular weight excluding hydrogens is 322 g/mol. The molecule has 1 saturated heterocycles. The Balaban J connectivity index is 1.44. The van der Waals surface area contributed by atoms with Crippen molar-refractivity contribution >= 4 is 0 Å². The summed E-state index contributed by atoms with van der Waals surface area (Å²) in [6, 6.07) is 16.8. The quantitative estimate of drug-likeness (QED) is 0.576. The number of likely N-dealkylation sites (tertiary alicyclic amines) is 1. The maximum absolute atomic E-state index is 6.09. The van der Waals surface area contributed by atoms with Gasteiger partial charge in [-0.3, -0.25) is 4.90 Å². The van der Waals surface area contributed by atoms with E-state index in [-0.39, 0.29) is 0 Å². The summed E-state index contributed by atoms with van der Waals surface area (Å²) in [4.78, 5) is 2.50. The van der Waals surface area contributed by atoms with E-state index in [1.807, 2.05) is 12.1 Å². The molecule has 0 aliphatic carbocycles. The maximum Gasteiger partial charge on any atom is 0.122 e. The SMILES string of the molecule is COc1ccccc1CCCCc1ccccc1OCCN1CCCC1. The van der Waals surface area contributed by atoms with Crippen molar-refractivity contribution in [3.05, 3.63) is 59.7 Å². The summed E-state index contributed by atoms with van der Waals surface area (Å²) in [5.74, 6) is 2.06. The Labute approximate surface area is 157 Å². The molecular formula is C23H31NO2. The van der Waals surface area contributed by atoms with Crippen LogP contribution in [0, 0.1) is 0 Å². The third-order valence-electron chi connectivity index (χ3n) is 5.17. The first-order valence-electron chi connectivity index (χ1n) is 9.92. The van der Waals surface area contributed by atoms with Gasteiger partial charge in [0.05, 0.1) is 7.11 Å². The van der Waals surface area contributed by atoms with Gasteiger partial charge in [0.25, 0.3) is 0 Å². The minimum absolute atomic E-state index is 0.790. The van der Waals surface area contributed by atoms with E-state index in [0.717, 1.165) is 50.3 Å². The second-order valence-corrected chi connectivity index (χ2v) is 7.02. The molecule has 1 heterocycles. The zero-order valence-corrected chi connectivity index (χ0v) is 16.0. The smallest absolute Gasteiger partial charge is 0.122 e. The number of aryl methyl sites for hydroxylation is 2. The summed E-state index contributed by atoms with van der Waals surface area (Å²) in [6.45, 7) is 4.29. The summed E-state index contributed by atoms with van der Waals surface area (Å²) in [7, 11) is 1.74. The molecule has 3 nitrogen and oxygen atoms in total. The largest absolute Gasteiger partial charge is 0.496 e. The van der Waals surface area contributed by atoms with Crippen LogP contribution in [0.15, 0.2) is 48.5 Å². The predicted molar refractivity (Wildman–Crippen MR) is 107 cm³/mol.